The molecular formula is C26H27ClFNO6. The number of carbonyl (C=O) groups excluding carboxylic acids is 3. The SMILES string of the molecule is CCOC(=O)C(C)(C)Oc1ccc(F)cc1/C=C1\C(=O)N(C(=O)OC(C)(C)C)c2cc(Cl)ccc21. The van der Waals surface area contributed by atoms with Gasteiger partial charge in [0.1, 0.15) is 17.2 Å². The number of fused-ring (bicyclic) bond motifs is 1. The summed E-state index contributed by atoms with van der Waals surface area (Å²) in [6.45, 7) is 9.93. The molecule has 0 unspecified atom stereocenters. The number of carbonyl (C=O) groups is 3. The Hall–Kier alpha value is -3.39. The highest BCUT2D eigenvalue weighted by Gasteiger charge is 2.40. The molecule has 0 bridgehead atoms. The Bertz CT molecular complexity index is 1210. The fourth-order valence-corrected chi connectivity index (χ4v) is 3.56. The lowest BCUT2D eigenvalue weighted by molar-refractivity contribution is -0.158. The average molecular weight is 504 g/mol. The molecule has 1 aliphatic rings. The van der Waals surface area contributed by atoms with E-state index in [-0.39, 0.29) is 29.2 Å². The number of benzene rings is 2. The molecule has 9 heteroatoms. The second-order valence-electron chi connectivity index (χ2n) is 9.36. The topological polar surface area (TPSA) is 82.1 Å². The molecule has 2 amide bonds. The van der Waals surface area contributed by atoms with Gasteiger partial charge in [-0.15, -0.1) is 0 Å². The molecule has 35 heavy (non-hydrogen) atoms. The molecule has 186 valence electrons. The van der Waals surface area contributed by atoms with Crippen LogP contribution in [0.15, 0.2) is 36.4 Å². The van der Waals surface area contributed by atoms with Crippen molar-refractivity contribution in [2.24, 2.45) is 0 Å². The van der Waals surface area contributed by atoms with Gasteiger partial charge in [-0.05, 0) is 78.0 Å². The Kier molecular flexibility index (Phi) is 7.26. The lowest BCUT2D eigenvalue weighted by atomic mass is 10.0. The third-order valence-electron chi connectivity index (χ3n) is 4.90. The first-order chi connectivity index (χ1) is 16.2. The molecule has 0 fully saturated rings. The maximum absolute atomic E-state index is 14.2. The van der Waals surface area contributed by atoms with Gasteiger partial charge in [0.25, 0.3) is 5.91 Å². The first kappa shape index (κ1) is 26.2. The predicted molar refractivity (Wildman–Crippen MR) is 131 cm³/mol. The highest BCUT2D eigenvalue weighted by Crippen LogP contribution is 2.41. The van der Waals surface area contributed by atoms with E-state index >= 15 is 0 Å². The second kappa shape index (κ2) is 9.70. The van der Waals surface area contributed by atoms with Crippen LogP contribution in [0.4, 0.5) is 14.9 Å². The lowest BCUT2D eigenvalue weighted by Crippen LogP contribution is -2.40. The highest BCUT2D eigenvalue weighted by atomic mass is 35.5. The van der Waals surface area contributed by atoms with Crippen molar-refractivity contribution in [2.75, 3.05) is 11.5 Å². The minimum absolute atomic E-state index is 0.104. The zero-order valence-electron chi connectivity index (χ0n) is 20.4. The van der Waals surface area contributed by atoms with Crippen LogP contribution in [0, 0.1) is 5.82 Å². The van der Waals surface area contributed by atoms with Crippen molar-refractivity contribution < 1.29 is 33.0 Å². The summed E-state index contributed by atoms with van der Waals surface area (Å²) >= 11 is 6.13. The number of hydrogen-bond donors (Lipinski definition) is 0. The van der Waals surface area contributed by atoms with Gasteiger partial charge < -0.3 is 14.2 Å². The third-order valence-corrected chi connectivity index (χ3v) is 5.14. The van der Waals surface area contributed by atoms with Crippen molar-refractivity contribution >= 4 is 46.9 Å². The van der Waals surface area contributed by atoms with E-state index in [1.54, 1.807) is 39.8 Å². The highest BCUT2D eigenvalue weighted by molar-refractivity contribution is 6.42. The Morgan fingerprint density at radius 3 is 2.40 bits per heavy atom. The van der Waals surface area contributed by atoms with Crippen LogP contribution < -0.4 is 9.64 Å². The molecule has 2 aromatic rings. The summed E-state index contributed by atoms with van der Waals surface area (Å²) in [5, 5.41) is 0.317. The zero-order valence-corrected chi connectivity index (χ0v) is 21.2. The first-order valence-corrected chi connectivity index (χ1v) is 11.4. The Morgan fingerprint density at radius 2 is 1.77 bits per heavy atom. The van der Waals surface area contributed by atoms with E-state index < -0.39 is 35.0 Å². The predicted octanol–water partition coefficient (Wildman–Crippen LogP) is 6.02. The van der Waals surface area contributed by atoms with Crippen molar-refractivity contribution in [3.05, 3.63) is 58.4 Å². The molecule has 0 saturated carbocycles. The normalized spacial score (nSPS) is 14.7. The molecule has 1 aliphatic heterocycles. The van der Waals surface area contributed by atoms with E-state index in [4.69, 9.17) is 25.8 Å². The van der Waals surface area contributed by atoms with E-state index in [0.29, 0.717) is 10.6 Å². The number of halogens is 2. The molecule has 0 atom stereocenters. The van der Waals surface area contributed by atoms with Gasteiger partial charge in [0.05, 0.1) is 17.9 Å². The molecule has 0 radical (unpaired) electrons. The van der Waals surface area contributed by atoms with Gasteiger partial charge in [0, 0.05) is 16.1 Å². The standard InChI is InChI=1S/C26H27ClFNO6/c1-7-33-23(31)26(5,6)34-21-11-9-17(28)12-15(21)13-19-18-10-8-16(27)14-20(18)29(22(19)30)24(32)35-25(2,3)4/h8-14H,7H2,1-6H3/b19-13-. The number of amides is 2. The lowest BCUT2D eigenvalue weighted by Gasteiger charge is -2.25. The molecule has 0 N–H and O–H groups in total. The van der Waals surface area contributed by atoms with Crippen LogP contribution in [0.25, 0.3) is 11.6 Å². The molecule has 0 aliphatic carbocycles. The van der Waals surface area contributed by atoms with Crippen molar-refractivity contribution in [1.82, 2.24) is 0 Å². The van der Waals surface area contributed by atoms with Crippen molar-refractivity contribution in [3.63, 3.8) is 0 Å². The Labute approximate surface area is 208 Å². The summed E-state index contributed by atoms with van der Waals surface area (Å²) in [6, 6.07) is 8.35. The van der Waals surface area contributed by atoms with Gasteiger partial charge in [-0.25, -0.2) is 18.9 Å². The van der Waals surface area contributed by atoms with E-state index in [0.717, 1.165) is 4.90 Å². The molecule has 7 nitrogen and oxygen atoms in total. The molecule has 0 aromatic heterocycles. The van der Waals surface area contributed by atoms with Crippen LogP contribution in [-0.4, -0.2) is 35.8 Å². The fourth-order valence-electron chi connectivity index (χ4n) is 3.39. The van der Waals surface area contributed by atoms with Crippen molar-refractivity contribution in [2.45, 2.75) is 52.7 Å². The molecule has 3 rings (SSSR count). The van der Waals surface area contributed by atoms with E-state index in [9.17, 15) is 18.8 Å². The van der Waals surface area contributed by atoms with Crippen LogP contribution in [0.5, 0.6) is 5.75 Å². The van der Waals surface area contributed by atoms with Gasteiger partial charge in [0.2, 0.25) is 0 Å². The summed E-state index contributed by atoms with van der Waals surface area (Å²) in [4.78, 5) is 39.5. The minimum Gasteiger partial charge on any atom is -0.476 e. The van der Waals surface area contributed by atoms with Crippen LogP contribution >= 0.6 is 11.6 Å². The number of esters is 1. The van der Waals surface area contributed by atoms with Gasteiger partial charge in [0.15, 0.2) is 5.60 Å². The summed E-state index contributed by atoms with van der Waals surface area (Å²) in [5.74, 6) is -1.70. The number of anilines is 1. The van der Waals surface area contributed by atoms with Crippen molar-refractivity contribution in [1.29, 1.82) is 0 Å². The minimum atomic E-state index is -1.38. The second-order valence-corrected chi connectivity index (χ2v) is 9.79. The number of ether oxygens (including phenoxy) is 3. The number of hydrogen-bond acceptors (Lipinski definition) is 6. The summed E-state index contributed by atoms with van der Waals surface area (Å²) in [6.07, 6.45) is 0.535. The Morgan fingerprint density at radius 1 is 1.09 bits per heavy atom. The maximum atomic E-state index is 14.2. The van der Waals surface area contributed by atoms with Crippen LogP contribution in [-0.2, 0) is 19.1 Å². The van der Waals surface area contributed by atoms with Gasteiger partial charge in [-0.1, -0.05) is 17.7 Å². The van der Waals surface area contributed by atoms with Crippen LogP contribution in [0.1, 0.15) is 52.7 Å². The van der Waals surface area contributed by atoms with Crippen molar-refractivity contribution in [3.8, 4) is 5.75 Å². The summed E-state index contributed by atoms with van der Waals surface area (Å²) in [7, 11) is 0. The zero-order chi connectivity index (χ0) is 26.1. The summed E-state index contributed by atoms with van der Waals surface area (Å²) in [5.41, 5.74) is -1.28. The molecule has 2 aromatic carbocycles. The Balaban J connectivity index is 2.10. The van der Waals surface area contributed by atoms with Crippen LogP contribution in [0.2, 0.25) is 5.02 Å². The first-order valence-electron chi connectivity index (χ1n) is 11.0. The molecule has 0 saturated heterocycles. The molecular weight excluding hydrogens is 477 g/mol. The van der Waals surface area contributed by atoms with E-state index in [2.05, 4.69) is 0 Å². The van der Waals surface area contributed by atoms with Crippen LogP contribution in [0.3, 0.4) is 0 Å². The fraction of sp³-hybridized carbons (Fsp3) is 0.346. The van der Waals surface area contributed by atoms with E-state index in [1.165, 1.54) is 44.2 Å². The molecule has 0 spiro atoms. The number of imide groups is 1. The monoisotopic (exact) mass is 503 g/mol. The smallest absolute Gasteiger partial charge is 0.422 e. The summed E-state index contributed by atoms with van der Waals surface area (Å²) < 4.78 is 30.5. The van der Waals surface area contributed by atoms with Gasteiger partial charge in [-0.2, -0.15) is 0 Å². The average Bonchev–Trinajstić information content (AvgIpc) is 2.99. The largest absolute Gasteiger partial charge is 0.476 e. The van der Waals surface area contributed by atoms with Gasteiger partial charge >= 0.3 is 12.1 Å². The number of rotatable bonds is 5. The number of nitrogens with zero attached hydrogens (tertiary/aromatic N) is 1. The molecule has 1 heterocycles. The quantitative estimate of drug-likeness (QED) is 0.366. The maximum Gasteiger partial charge on any atom is 0.422 e. The third kappa shape index (κ3) is 5.82. The van der Waals surface area contributed by atoms with E-state index in [1.807, 2.05) is 0 Å². The van der Waals surface area contributed by atoms with Gasteiger partial charge in [-0.3, -0.25) is 4.79 Å².